The van der Waals surface area contributed by atoms with Crippen LogP contribution in [0.1, 0.15) is 18.1 Å². The summed E-state index contributed by atoms with van der Waals surface area (Å²) in [4.78, 5) is 0. The molecule has 0 saturated carbocycles. The van der Waals surface area contributed by atoms with Gasteiger partial charge in [0.1, 0.15) is 12.2 Å². The number of aliphatic hydroxyl groups excluding tert-OH is 3. The molecule has 1 fully saturated rings. The maximum atomic E-state index is 9.67. The predicted octanol–water partition coefficient (Wildman–Crippen LogP) is 0.231. The van der Waals surface area contributed by atoms with Gasteiger partial charge < -0.3 is 20.1 Å². The van der Waals surface area contributed by atoms with Crippen molar-refractivity contribution in [2.75, 3.05) is 6.61 Å². The van der Waals surface area contributed by atoms with Crippen LogP contribution in [0.25, 0.3) is 0 Å². The Morgan fingerprint density at radius 2 is 1.88 bits per heavy atom. The summed E-state index contributed by atoms with van der Waals surface area (Å²) in [5.41, 5.74) is 0.951. The van der Waals surface area contributed by atoms with E-state index in [4.69, 9.17) is 9.84 Å². The van der Waals surface area contributed by atoms with Crippen molar-refractivity contribution in [2.24, 2.45) is 0 Å². The Labute approximate surface area is 94.1 Å². The van der Waals surface area contributed by atoms with Gasteiger partial charge >= 0.3 is 0 Å². The van der Waals surface area contributed by atoms with E-state index in [1.807, 2.05) is 30.3 Å². The average molecular weight is 224 g/mol. The van der Waals surface area contributed by atoms with Gasteiger partial charge in [0.25, 0.3) is 0 Å². The summed E-state index contributed by atoms with van der Waals surface area (Å²) >= 11 is 0. The van der Waals surface area contributed by atoms with Crippen molar-refractivity contribution >= 4 is 0 Å². The van der Waals surface area contributed by atoms with Crippen LogP contribution in [0.15, 0.2) is 30.3 Å². The van der Waals surface area contributed by atoms with Crippen LogP contribution in [0.5, 0.6) is 0 Å². The van der Waals surface area contributed by atoms with Crippen LogP contribution in [0.3, 0.4) is 0 Å². The fourth-order valence-electron chi connectivity index (χ4n) is 1.99. The van der Waals surface area contributed by atoms with Crippen molar-refractivity contribution in [1.29, 1.82) is 0 Å². The smallest absolute Gasteiger partial charge is 0.110 e. The Bertz CT molecular complexity index is 327. The summed E-state index contributed by atoms with van der Waals surface area (Å²) in [6, 6.07) is 9.50. The lowest BCUT2D eigenvalue weighted by molar-refractivity contribution is -0.181. The number of hydrogen-bond donors (Lipinski definition) is 3. The van der Waals surface area contributed by atoms with Crippen molar-refractivity contribution in [3.63, 3.8) is 0 Å². The highest BCUT2D eigenvalue weighted by Gasteiger charge is 2.36. The largest absolute Gasteiger partial charge is 0.394 e. The van der Waals surface area contributed by atoms with E-state index in [0.717, 1.165) is 5.56 Å². The molecular weight excluding hydrogens is 208 g/mol. The Hall–Kier alpha value is -0.940. The van der Waals surface area contributed by atoms with Gasteiger partial charge in [0.05, 0.1) is 18.8 Å². The summed E-state index contributed by atoms with van der Waals surface area (Å²) in [6.07, 6.45) is -2.49. The molecule has 1 saturated heterocycles. The maximum Gasteiger partial charge on any atom is 0.110 e. The number of aliphatic hydroxyl groups is 3. The Kier molecular flexibility index (Phi) is 3.56. The van der Waals surface area contributed by atoms with Crippen molar-refractivity contribution in [3.05, 3.63) is 35.9 Å². The first-order valence-electron chi connectivity index (χ1n) is 5.39. The van der Waals surface area contributed by atoms with Crippen LogP contribution in [0, 0.1) is 0 Å². The third kappa shape index (κ3) is 2.25. The highest BCUT2D eigenvalue weighted by Crippen LogP contribution is 2.31. The van der Waals surface area contributed by atoms with E-state index in [0.29, 0.717) is 6.42 Å². The van der Waals surface area contributed by atoms with E-state index in [-0.39, 0.29) is 12.7 Å². The van der Waals surface area contributed by atoms with Gasteiger partial charge in [0, 0.05) is 6.42 Å². The summed E-state index contributed by atoms with van der Waals surface area (Å²) in [7, 11) is 0. The molecule has 0 aromatic heterocycles. The summed E-state index contributed by atoms with van der Waals surface area (Å²) < 4.78 is 5.54. The van der Waals surface area contributed by atoms with E-state index >= 15 is 0 Å². The normalized spacial score (nSPS) is 34.9. The van der Waals surface area contributed by atoms with Crippen molar-refractivity contribution < 1.29 is 20.1 Å². The van der Waals surface area contributed by atoms with Crippen molar-refractivity contribution in [1.82, 2.24) is 0 Å². The molecule has 1 aliphatic rings. The molecule has 4 unspecified atom stereocenters. The SMILES string of the molecule is OCC1OC(c2ccccc2)CC(O)C1O. The summed E-state index contributed by atoms with van der Waals surface area (Å²) in [6.45, 7) is -0.290. The molecule has 4 heteroatoms. The lowest BCUT2D eigenvalue weighted by Gasteiger charge is -2.36. The summed E-state index contributed by atoms with van der Waals surface area (Å²) in [5, 5.41) is 28.3. The highest BCUT2D eigenvalue weighted by molar-refractivity contribution is 5.18. The third-order valence-electron chi connectivity index (χ3n) is 2.92. The molecule has 1 aromatic rings. The molecule has 4 atom stereocenters. The molecule has 2 rings (SSSR count). The second-order valence-electron chi connectivity index (χ2n) is 4.05. The number of benzene rings is 1. The van der Waals surface area contributed by atoms with Gasteiger partial charge in [-0.1, -0.05) is 30.3 Å². The van der Waals surface area contributed by atoms with Gasteiger partial charge in [0.2, 0.25) is 0 Å². The van der Waals surface area contributed by atoms with Crippen molar-refractivity contribution in [3.8, 4) is 0 Å². The van der Waals surface area contributed by atoms with Gasteiger partial charge in [0.15, 0.2) is 0 Å². The Balaban J connectivity index is 2.13. The van der Waals surface area contributed by atoms with E-state index in [2.05, 4.69) is 0 Å². The van der Waals surface area contributed by atoms with Gasteiger partial charge in [-0.15, -0.1) is 0 Å². The Morgan fingerprint density at radius 3 is 2.50 bits per heavy atom. The molecule has 1 heterocycles. The molecule has 0 radical (unpaired) electrons. The first kappa shape index (κ1) is 11.5. The fraction of sp³-hybridized carbons (Fsp3) is 0.500. The van der Waals surface area contributed by atoms with Crippen LogP contribution in [0.4, 0.5) is 0 Å². The van der Waals surface area contributed by atoms with E-state index in [1.165, 1.54) is 0 Å². The molecule has 0 amide bonds. The lowest BCUT2D eigenvalue weighted by Crippen LogP contribution is -2.47. The fourth-order valence-corrected chi connectivity index (χ4v) is 1.99. The highest BCUT2D eigenvalue weighted by atomic mass is 16.5. The monoisotopic (exact) mass is 224 g/mol. The molecular formula is C12H16O4. The first-order valence-corrected chi connectivity index (χ1v) is 5.39. The van der Waals surface area contributed by atoms with Gasteiger partial charge in [-0.2, -0.15) is 0 Å². The molecule has 0 bridgehead atoms. The van der Waals surface area contributed by atoms with Crippen LogP contribution < -0.4 is 0 Å². The van der Waals surface area contributed by atoms with E-state index in [1.54, 1.807) is 0 Å². The molecule has 0 spiro atoms. The van der Waals surface area contributed by atoms with Gasteiger partial charge in [-0.3, -0.25) is 0 Å². The van der Waals surface area contributed by atoms with Gasteiger partial charge in [-0.25, -0.2) is 0 Å². The minimum atomic E-state index is -1.01. The zero-order valence-electron chi connectivity index (χ0n) is 8.86. The standard InChI is InChI=1S/C12H16O4/c13-7-11-12(15)9(14)6-10(16-11)8-4-2-1-3-5-8/h1-5,9-15H,6-7H2. The number of ether oxygens (including phenoxy) is 1. The minimum Gasteiger partial charge on any atom is -0.394 e. The maximum absolute atomic E-state index is 9.67. The quantitative estimate of drug-likeness (QED) is 0.672. The van der Waals surface area contributed by atoms with Gasteiger partial charge in [-0.05, 0) is 5.56 Å². The average Bonchev–Trinajstić information content (AvgIpc) is 2.33. The number of rotatable bonds is 2. The second kappa shape index (κ2) is 4.93. The number of hydrogen-bond acceptors (Lipinski definition) is 4. The second-order valence-corrected chi connectivity index (χ2v) is 4.05. The van der Waals surface area contributed by atoms with Crippen molar-refractivity contribution in [2.45, 2.75) is 30.8 Å². The minimum absolute atomic E-state index is 0.267. The van der Waals surface area contributed by atoms with Crippen LogP contribution >= 0.6 is 0 Å². The van der Waals surface area contributed by atoms with Crippen LogP contribution in [0.2, 0.25) is 0 Å². The predicted molar refractivity (Wildman–Crippen MR) is 57.8 cm³/mol. The van der Waals surface area contributed by atoms with Crippen LogP contribution in [-0.2, 0) is 4.74 Å². The zero-order valence-corrected chi connectivity index (χ0v) is 8.86. The molecule has 3 N–H and O–H groups in total. The van der Waals surface area contributed by atoms with Crippen LogP contribution in [-0.4, -0.2) is 40.2 Å². The topological polar surface area (TPSA) is 69.9 Å². The summed E-state index contributed by atoms with van der Waals surface area (Å²) in [5.74, 6) is 0. The molecule has 1 aliphatic heterocycles. The van der Waals surface area contributed by atoms with E-state index < -0.39 is 18.3 Å². The zero-order chi connectivity index (χ0) is 11.5. The molecule has 0 aliphatic carbocycles. The molecule has 88 valence electrons. The third-order valence-corrected chi connectivity index (χ3v) is 2.92. The van der Waals surface area contributed by atoms with E-state index in [9.17, 15) is 10.2 Å². The lowest BCUT2D eigenvalue weighted by atomic mass is 9.94. The Morgan fingerprint density at radius 1 is 1.19 bits per heavy atom. The molecule has 1 aromatic carbocycles. The molecule has 16 heavy (non-hydrogen) atoms. The first-order chi connectivity index (χ1) is 7.72. The molecule has 4 nitrogen and oxygen atoms in total.